The third-order valence-corrected chi connectivity index (χ3v) is 7.99. The maximum absolute atomic E-state index is 13.2. The monoisotopic (exact) mass is 510 g/mol. The summed E-state index contributed by atoms with van der Waals surface area (Å²) >= 11 is 1.61. The molecule has 1 aromatic heterocycles. The Kier molecular flexibility index (Phi) is 9.24. The van der Waals surface area contributed by atoms with Crippen LogP contribution in [0.1, 0.15) is 74.5 Å². The van der Waals surface area contributed by atoms with Crippen LogP contribution in [-0.4, -0.2) is 59.0 Å². The molecule has 7 nitrogen and oxygen atoms in total. The molecule has 0 N–H and O–H groups in total. The molecule has 194 valence electrons. The third-order valence-electron chi connectivity index (χ3n) is 7.08. The highest BCUT2D eigenvalue weighted by Gasteiger charge is 2.30. The Labute approximate surface area is 219 Å². The molecule has 0 saturated carbocycles. The number of thioether (sulfide) groups is 1. The first-order valence-electron chi connectivity index (χ1n) is 13.3. The second kappa shape index (κ2) is 12.6. The molecule has 2 fully saturated rings. The van der Waals surface area contributed by atoms with Crippen LogP contribution in [0.15, 0.2) is 35.5 Å². The van der Waals surface area contributed by atoms with E-state index in [-0.39, 0.29) is 17.8 Å². The number of ether oxygens (including phenoxy) is 1. The SMILES string of the molecule is CCOC(=O)[C@H]1CCCN(C(=O)c2cccc(CSc3nc(CC)cc(N4CCCC[C@@H]4C)n3)c2)C1. The number of amides is 1. The van der Waals surface area contributed by atoms with Gasteiger partial charge in [-0.15, -0.1) is 0 Å². The van der Waals surface area contributed by atoms with E-state index in [1.165, 1.54) is 19.3 Å². The van der Waals surface area contributed by atoms with Gasteiger partial charge in [-0.2, -0.15) is 0 Å². The van der Waals surface area contributed by atoms with Crippen LogP contribution in [0.25, 0.3) is 0 Å². The van der Waals surface area contributed by atoms with Gasteiger partial charge in [-0.05, 0) is 70.1 Å². The molecule has 0 bridgehead atoms. The maximum Gasteiger partial charge on any atom is 0.310 e. The average molecular weight is 511 g/mol. The van der Waals surface area contributed by atoms with Crippen molar-refractivity contribution < 1.29 is 14.3 Å². The lowest BCUT2D eigenvalue weighted by Crippen LogP contribution is -2.42. The van der Waals surface area contributed by atoms with Gasteiger partial charge in [-0.25, -0.2) is 9.97 Å². The number of aryl methyl sites for hydroxylation is 1. The first kappa shape index (κ1) is 26.5. The van der Waals surface area contributed by atoms with Crippen LogP contribution in [0.4, 0.5) is 5.82 Å². The Morgan fingerprint density at radius 3 is 2.72 bits per heavy atom. The highest BCUT2D eigenvalue weighted by Crippen LogP contribution is 2.28. The van der Waals surface area contributed by atoms with Gasteiger partial charge in [0.2, 0.25) is 0 Å². The number of hydrogen-bond donors (Lipinski definition) is 0. The summed E-state index contributed by atoms with van der Waals surface area (Å²) in [4.78, 5) is 39.3. The number of benzene rings is 1. The molecule has 3 heterocycles. The summed E-state index contributed by atoms with van der Waals surface area (Å²) in [6, 6.07) is 10.4. The van der Waals surface area contributed by atoms with Crippen molar-refractivity contribution in [2.75, 3.05) is 31.1 Å². The minimum Gasteiger partial charge on any atom is -0.466 e. The Hall–Kier alpha value is -2.61. The fourth-order valence-electron chi connectivity index (χ4n) is 5.03. The van der Waals surface area contributed by atoms with Gasteiger partial charge in [-0.1, -0.05) is 30.8 Å². The smallest absolute Gasteiger partial charge is 0.310 e. The lowest BCUT2D eigenvalue weighted by Gasteiger charge is -2.34. The number of carbonyl (C=O) groups excluding carboxylic acids is 2. The molecule has 2 aromatic rings. The molecule has 1 aromatic carbocycles. The molecule has 0 radical (unpaired) electrons. The zero-order valence-electron chi connectivity index (χ0n) is 21.7. The molecule has 0 unspecified atom stereocenters. The van der Waals surface area contributed by atoms with Gasteiger partial charge >= 0.3 is 5.97 Å². The molecule has 0 aliphatic carbocycles. The normalized spacial score (nSPS) is 20.3. The maximum atomic E-state index is 13.2. The molecule has 8 heteroatoms. The van der Waals surface area contributed by atoms with Crippen molar-refractivity contribution in [2.24, 2.45) is 5.92 Å². The van der Waals surface area contributed by atoms with E-state index in [2.05, 4.69) is 24.8 Å². The molecule has 0 spiro atoms. The van der Waals surface area contributed by atoms with Crippen LogP contribution in [0.3, 0.4) is 0 Å². The van der Waals surface area contributed by atoms with Crippen molar-refractivity contribution in [1.82, 2.24) is 14.9 Å². The van der Waals surface area contributed by atoms with Gasteiger partial charge in [0.05, 0.1) is 12.5 Å². The van der Waals surface area contributed by atoms with Crippen LogP contribution in [0, 0.1) is 5.92 Å². The molecule has 4 rings (SSSR count). The number of likely N-dealkylation sites (tertiary alicyclic amines) is 1. The van der Waals surface area contributed by atoms with Crippen molar-refractivity contribution in [2.45, 2.75) is 76.2 Å². The topological polar surface area (TPSA) is 75.6 Å². The van der Waals surface area contributed by atoms with Gasteiger partial charge < -0.3 is 14.5 Å². The average Bonchev–Trinajstić information content (AvgIpc) is 2.92. The summed E-state index contributed by atoms with van der Waals surface area (Å²) in [5.74, 6) is 1.26. The molecule has 1 amide bonds. The van der Waals surface area contributed by atoms with Crippen molar-refractivity contribution in [1.29, 1.82) is 0 Å². The number of piperidine rings is 2. The van der Waals surface area contributed by atoms with Crippen LogP contribution in [-0.2, 0) is 21.7 Å². The van der Waals surface area contributed by atoms with Gasteiger partial charge in [0.25, 0.3) is 5.91 Å². The van der Waals surface area contributed by atoms with Crippen LogP contribution >= 0.6 is 11.8 Å². The third kappa shape index (κ3) is 6.58. The van der Waals surface area contributed by atoms with Crippen molar-refractivity contribution in [3.63, 3.8) is 0 Å². The number of esters is 1. The first-order chi connectivity index (χ1) is 17.5. The van der Waals surface area contributed by atoms with E-state index in [4.69, 9.17) is 14.7 Å². The molecule has 2 aliphatic heterocycles. The van der Waals surface area contributed by atoms with Crippen LogP contribution < -0.4 is 4.90 Å². The molecule has 36 heavy (non-hydrogen) atoms. The minimum absolute atomic E-state index is 0.0264. The van der Waals surface area contributed by atoms with Gasteiger partial charge in [0.15, 0.2) is 5.16 Å². The van der Waals surface area contributed by atoms with Crippen LogP contribution in [0.2, 0.25) is 0 Å². The summed E-state index contributed by atoms with van der Waals surface area (Å²) in [6.07, 6.45) is 6.14. The summed E-state index contributed by atoms with van der Waals surface area (Å²) in [6.45, 7) is 8.72. The predicted molar refractivity (Wildman–Crippen MR) is 143 cm³/mol. The quantitative estimate of drug-likeness (QED) is 0.277. The minimum atomic E-state index is -0.235. The number of anilines is 1. The summed E-state index contributed by atoms with van der Waals surface area (Å²) < 4.78 is 5.18. The van der Waals surface area contributed by atoms with E-state index >= 15 is 0 Å². The largest absolute Gasteiger partial charge is 0.466 e. The second-order valence-corrected chi connectivity index (χ2v) is 10.7. The molecule has 2 aliphatic rings. The zero-order valence-corrected chi connectivity index (χ0v) is 22.6. The molecule has 2 atom stereocenters. The standard InChI is InChI=1S/C28H38N4O3S/c1-4-24-17-25(32-15-7-6-10-20(32)3)30-28(29-24)36-19-21-11-8-12-22(16-21)26(33)31-14-9-13-23(18-31)27(34)35-5-2/h8,11-12,16-17,20,23H,4-7,9-10,13-15,18-19H2,1-3H3/t20-,23-/m0/s1. The number of hydrogen-bond acceptors (Lipinski definition) is 7. The Morgan fingerprint density at radius 1 is 1.08 bits per heavy atom. The van der Waals surface area contributed by atoms with E-state index in [0.29, 0.717) is 37.1 Å². The predicted octanol–water partition coefficient (Wildman–Crippen LogP) is 5.13. The number of aromatic nitrogens is 2. The highest BCUT2D eigenvalue weighted by atomic mass is 32.2. The summed E-state index contributed by atoms with van der Waals surface area (Å²) in [5, 5.41) is 0.784. The van der Waals surface area contributed by atoms with Crippen LogP contribution in [0.5, 0.6) is 0 Å². The van der Waals surface area contributed by atoms with Gasteiger partial charge in [-0.3, -0.25) is 9.59 Å². The molecule has 2 saturated heterocycles. The number of rotatable bonds is 8. The summed E-state index contributed by atoms with van der Waals surface area (Å²) in [5.41, 5.74) is 2.78. The van der Waals surface area contributed by atoms with E-state index < -0.39 is 0 Å². The van der Waals surface area contributed by atoms with Gasteiger partial charge in [0.1, 0.15) is 5.82 Å². The first-order valence-corrected chi connectivity index (χ1v) is 14.3. The highest BCUT2D eigenvalue weighted by molar-refractivity contribution is 7.98. The summed E-state index contributed by atoms with van der Waals surface area (Å²) in [7, 11) is 0. The second-order valence-electron chi connectivity index (χ2n) is 9.72. The van der Waals surface area contributed by atoms with Gasteiger partial charge in [0, 0.05) is 48.8 Å². The molecular formula is C28H38N4O3S. The number of nitrogens with zero attached hydrogens (tertiary/aromatic N) is 4. The number of carbonyl (C=O) groups is 2. The van der Waals surface area contributed by atoms with Crippen molar-refractivity contribution in [3.05, 3.63) is 47.2 Å². The van der Waals surface area contributed by atoms with Crippen molar-refractivity contribution >= 4 is 29.5 Å². The Morgan fingerprint density at radius 2 is 1.94 bits per heavy atom. The van der Waals surface area contributed by atoms with E-state index in [0.717, 1.165) is 48.0 Å². The molecular weight excluding hydrogens is 472 g/mol. The Balaban J connectivity index is 1.43. The fourth-order valence-corrected chi connectivity index (χ4v) is 5.84. The zero-order chi connectivity index (χ0) is 25.5. The lowest BCUT2D eigenvalue weighted by molar-refractivity contribution is -0.149. The van der Waals surface area contributed by atoms with Crippen molar-refractivity contribution in [3.8, 4) is 0 Å². The van der Waals surface area contributed by atoms with E-state index in [1.54, 1.807) is 16.7 Å². The van der Waals surface area contributed by atoms with E-state index in [1.807, 2.05) is 31.2 Å². The lowest BCUT2D eigenvalue weighted by atomic mass is 9.97. The fraction of sp³-hybridized carbons (Fsp3) is 0.571. The van der Waals surface area contributed by atoms with E-state index in [9.17, 15) is 9.59 Å². The Bertz CT molecular complexity index is 1060.